The van der Waals surface area contributed by atoms with E-state index in [-0.39, 0.29) is 11.8 Å². The summed E-state index contributed by atoms with van der Waals surface area (Å²) in [4.78, 5) is 23.1. The molecule has 2 atom stereocenters. The topological polar surface area (TPSA) is 57.6 Å². The third-order valence-corrected chi connectivity index (χ3v) is 2.04. The Morgan fingerprint density at radius 1 is 1.73 bits per heavy atom. The van der Waals surface area contributed by atoms with Gasteiger partial charge in [0.25, 0.3) is 0 Å². The lowest BCUT2D eigenvalue weighted by Crippen LogP contribution is -2.27. The predicted molar refractivity (Wildman–Crippen MR) is 37.9 cm³/mol. The lowest BCUT2D eigenvalue weighted by atomic mass is 9.98. The minimum Gasteiger partial charge on any atom is -0.481 e. The van der Waals surface area contributed by atoms with Gasteiger partial charge in [0.2, 0.25) is 5.91 Å². The molecule has 0 bridgehead atoms. The summed E-state index contributed by atoms with van der Waals surface area (Å²) < 4.78 is 0. The third kappa shape index (κ3) is 1.20. The third-order valence-electron chi connectivity index (χ3n) is 2.04. The molecule has 0 unspecified atom stereocenters. The monoisotopic (exact) mass is 157 g/mol. The molecule has 0 saturated carbocycles. The van der Waals surface area contributed by atoms with Gasteiger partial charge < -0.3 is 10.0 Å². The Hall–Kier alpha value is -1.06. The van der Waals surface area contributed by atoms with Crippen molar-refractivity contribution < 1.29 is 14.7 Å². The SMILES string of the molecule is C[C@H]1CN(C)C(=O)[C@@H]1C(=O)O. The Morgan fingerprint density at radius 2 is 2.27 bits per heavy atom. The lowest BCUT2D eigenvalue weighted by molar-refractivity contribution is -0.148. The second kappa shape index (κ2) is 2.53. The molecule has 0 spiro atoms. The number of carboxylic acid groups (broad SMARTS) is 1. The molecule has 0 aromatic carbocycles. The second-order valence-corrected chi connectivity index (χ2v) is 3.01. The Labute approximate surface area is 64.8 Å². The first-order valence-corrected chi connectivity index (χ1v) is 3.52. The van der Waals surface area contributed by atoms with Crippen LogP contribution in [-0.2, 0) is 9.59 Å². The van der Waals surface area contributed by atoms with E-state index >= 15 is 0 Å². The predicted octanol–water partition coefficient (Wildman–Crippen LogP) is -0.205. The summed E-state index contributed by atoms with van der Waals surface area (Å²) in [6.07, 6.45) is 0. The highest BCUT2D eigenvalue weighted by Crippen LogP contribution is 2.22. The Kier molecular flexibility index (Phi) is 1.85. The summed E-state index contributed by atoms with van der Waals surface area (Å²) in [6.45, 7) is 2.33. The van der Waals surface area contributed by atoms with Crippen molar-refractivity contribution in [1.82, 2.24) is 4.90 Å². The van der Waals surface area contributed by atoms with Gasteiger partial charge in [0, 0.05) is 13.6 Å². The molecule has 4 nitrogen and oxygen atoms in total. The highest BCUT2D eigenvalue weighted by Gasteiger charge is 2.40. The van der Waals surface area contributed by atoms with Crippen LogP contribution in [0.15, 0.2) is 0 Å². The Morgan fingerprint density at radius 3 is 2.45 bits per heavy atom. The summed E-state index contributed by atoms with van der Waals surface area (Å²) in [5, 5.41) is 8.62. The van der Waals surface area contributed by atoms with Gasteiger partial charge in [-0.2, -0.15) is 0 Å². The van der Waals surface area contributed by atoms with Gasteiger partial charge in [0.15, 0.2) is 0 Å². The van der Waals surface area contributed by atoms with Crippen LogP contribution in [-0.4, -0.2) is 35.5 Å². The zero-order chi connectivity index (χ0) is 8.59. The first-order chi connectivity index (χ1) is 5.04. The van der Waals surface area contributed by atoms with Crippen molar-refractivity contribution in [3.05, 3.63) is 0 Å². The van der Waals surface area contributed by atoms with Crippen LogP contribution in [0.2, 0.25) is 0 Å². The van der Waals surface area contributed by atoms with E-state index < -0.39 is 11.9 Å². The van der Waals surface area contributed by atoms with Gasteiger partial charge in [-0.15, -0.1) is 0 Å². The average molecular weight is 157 g/mol. The van der Waals surface area contributed by atoms with Crippen molar-refractivity contribution in [2.75, 3.05) is 13.6 Å². The van der Waals surface area contributed by atoms with E-state index in [2.05, 4.69) is 0 Å². The van der Waals surface area contributed by atoms with E-state index in [0.29, 0.717) is 6.54 Å². The van der Waals surface area contributed by atoms with Crippen LogP contribution < -0.4 is 0 Å². The summed E-state index contributed by atoms with van der Waals surface area (Å²) in [5.74, 6) is -2.16. The lowest BCUT2D eigenvalue weighted by Gasteiger charge is -2.05. The number of hydrogen-bond donors (Lipinski definition) is 1. The second-order valence-electron chi connectivity index (χ2n) is 3.01. The molecule has 1 saturated heterocycles. The first kappa shape index (κ1) is 8.04. The number of rotatable bonds is 1. The summed E-state index contributed by atoms with van der Waals surface area (Å²) in [7, 11) is 1.63. The molecule has 0 aromatic heterocycles. The van der Waals surface area contributed by atoms with E-state index in [0.717, 1.165) is 0 Å². The maximum Gasteiger partial charge on any atom is 0.316 e. The molecule has 1 fully saturated rings. The first-order valence-electron chi connectivity index (χ1n) is 3.52. The van der Waals surface area contributed by atoms with Gasteiger partial charge in [0.1, 0.15) is 5.92 Å². The maximum atomic E-state index is 11.1. The van der Waals surface area contributed by atoms with Crippen molar-refractivity contribution in [3.8, 4) is 0 Å². The fourth-order valence-electron chi connectivity index (χ4n) is 1.46. The van der Waals surface area contributed by atoms with Crippen LogP contribution in [0.3, 0.4) is 0 Å². The van der Waals surface area contributed by atoms with Crippen LogP contribution >= 0.6 is 0 Å². The van der Waals surface area contributed by atoms with Crippen LogP contribution in [0.4, 0.5) is 0 Å². The minimum absolute atomic E-state index is 0.0648. The number of amides is 1. The van der Waals surface area contributed by atoms with Crippen LogP contribution in [0.1, 0.15) is 6.92 Å². The molecule has 62 valence electrons. The molecule has 4 heteroatoms. The van der Waals surface area contributed by atoms with Gasteiger partial charge >= 0.3 is 5.97 Å². The van der Waals surface area contributed by atoms with E-state index in [1.54, 1.807) is 14.0 Å². The minimum atomic E-state index is -1.01. The van der Waals surface area contributed by atoms with E-state index in [4.69, 9.17) is 5.11 Å². The van der Waals surface area contributed by atoms with Crippen molar-refractivity contribution in [1.29, 1.82) is 0 Å². The highest BCUT2D eigenvalue weighted by atomic mass is 16.4. The van der Waals surface area contributed by atoms with E-state index in [9.17, 15) is 9.59 Å². The van der Waals surface area contributed by atoms with Crippen LogP contribution in [0.25, 0.3) is 0 Å². The van der Waals surface area contributed by atoms with Crippen LogP contribution in [0.5, 0.6) is 0 Å². The zero-order valence-electron chi connectivity index (χ0n) is 6.57. The van der Waals surface area contributed by atoms with E-state index in [1.807, 2.05) is 0 Å². The molecule has 1 heterocycles. The van der Waals surface area contributed by atoms with Crippen molar-refractivity contribution >= 4 is 11.9 Å². The van der Waals surface area contributed by atoms with Gasteiger partial charge in [-0.3, -0.25) is 9.59 Å². The molecule has 1 aliphatic rings. The fraction of sp³-hybridized carbons (Fsp3) is 0.714. The largest absolute Gasteiger partial charge is 0.481 e. The molecule has 1 aliphatic heterocycles. The normalized spacial score (nSPS) is 31.1. The van der Waals surface area contributed by atoms with Crippen molar-refractivity contribution in [2.24, 2.45) is 11.8 Å². The molecular weight excluding hydrogens is 146 g/mol. The Balaban J connectivity index is 2.80. The average Bonchev–Trinajstić information content (AvgIpc) is 2.07. The number of carbonyl (C=O) groups excluding carboxylic acids is 1. The summed E-state index contributed by atoms with van der Waals surface area (Å²) in [6, 6.07) is 0. The number of carboxylic acids is 1. The van der Waals surface area contributed by atoms with Gasteiger partial charge in [-0.05, 0) is 5.92 Å². The zero-order valence-corrected chi connectivity index (χ0v) is 6.57. The number of nitrogens with zero attached hydrogens (tertiary/aromatic N) is 1. The number of aliphatic carboxylic acids is 1. The number of likely N-dealkylation sites (tertiary alicyclic amines) is 1. The highest BCUT2D eigenvalue weighted by molar-refractivity contribution is 5.98. The molecule has 1 N–H and O–H groups in total. The van der Waals surface area contributed by atoms with Gasteiger partial charge in [-0.1, -0.05) is 6.92 Å². The molecule has 0 aliphatic carbocycles. The number of carbonyl (C=O) groups is 2. The standard InChI is InChI=1S/C7H11NO3/c1-4-3-8(2)6(9)5(4)7(10)11/h4-5H,3H2,1-2H3,(H,10,11)/t4-,5+/m0/s1. The summed E-state index contributed by atoms with van der Waals surface area (Å²) in [5.41, 5.74) is 0. The van der Waals surface area contributed by atoms with Crippen LogP contribution in [0, 0.1) is 11.8 Å². The number of hydrogen-bond acceptors (Lipinski definition) is 2. The summed E-state index contributed by atoms with van der Waals surface area (Å²) >= 11 is 0. The fourth-order valence-corrected chi connectivity index (χ4v) is 1.46. The maximum absolute atomic E-state index is 11.1. The molecular formula is C7H11NO3. The molecule has 0 aromatic rings. The van der Waals surface area contributed by atoms with Crippen molar-refractivity contribution in [2.45, 2.75) is 6.92 Å². The molecule has 1 rings (SSSR count). The quantitative estimate of drug-likeness (QED) is 0.536. The van der Waals surface area contributed by atoms with Crippen molar-refractivity contribution in [3.63, 3.8) is 0 Å². The van der Waals surface area contributed by atoms with Gasteiger partial charge in [0.05, 0.1) is 0 Å². The molecule has 1 amide bonds. The smallest absolute Gasteiger partial charge is 0.316 e. The Bertz CT molecular complexity index is 202. The molecule has 11 heavy (non-hydrogen) atoms. The van der Waals surface area contributed by atoms with E-state index in [1.165, 1.54) is 4.90 Å². The molecule has 0 radical (unpaired) electrons. The van der Waals surface area contributed by atoms with Gasteiger partial charge in [-0.25, -0.2) is 0 Å².